The molecule has 1 fully saturated rings. The van der Waals surface area contributed by atoms with Crippen LogP contribution >= 0.6 is 22.9 Å². The Kier molecular flexibility index (Phi) is 4.65. The summed E-state index contributed by atoms with van der Waals surface area (Å²) in [4.78, 5) is 1.28. The smallest absolute Gasteiger partial charge is 0.0931 e. The summed E-state index contributed by atoms with van der Waals surface area (Å²) >= 11 is 7.53. The van der Waals surface area contributed by atoms with E-state index in [1.807, 2.05) is 6.07 Å². The number of halogens is 1. The van der Waals surface area contributed by atoms with Gasteiger partial charge in [0.25, 0.3) is 0 Å². The van der Waals surface area contributed by atoms with Gasteiger partial charge in [-0.25, -0.2) is 0 Å². The van der Waals surface area contributed by atoms with Gasteiger partial charge in [-0.2, -0.15) is 0 Å². The molecule has 1 N–H and O–H groups in total. The van der Waals surface area contributed by atoms with Gasteiger partial charge >= 0.3 is 0 Å². The van der Waals surface area contributed by atoms with Crippen molar-refractivity contribution in [3.8, 4) is 0 Å². The SMILES string of the molecule is CC(NCCOCC1CC1)c1ccc(Cl)s1. The van der Waals surface area contributed by atoms with Crippen LogP contribution in [0, 0.1) is 5.92 Å². The lowest BCUT2D eigenvalue weighted by Crippen LogP contribution is -2.23. The number of hydrogen-bond donors (Lipinski definition) is 1. The summed E-state index contributed by atoms with van der Waals surface area (Å²) in [6, 6.07) is 4.39. The summed E-state index contributed by atoms with van der Waals surface area (Å²) in [6.07, 6.45) is 2.72. The first-order valence-corrected chi connectivity index (χ1v) is 7.01. The highest BCUT2D eigenvalue weighted by atomic mass is 35.5. The second-order valence-electron chi connectivity index (χ2n) is 4.34. The molecule has 0 aromatic carbocycles. The Labute approximate surface area is 106 Å². The number of thiophene rings is 1. The predicted octanol–water partition coefficient (Wildman–Crippen LogP) is 3.48. The molecule has 1 aromatic rings. The van der Waals surface area contributed by atoms with Gasteiger partial charge in [-0.3, -0.25) is 0 Å². The molecule has 2 nitrogen and oxygen atoms in total. The van der Waals surface area contributed by atoms with Crippen LogP contribution in [0.15, 0.2) is 12.1 Å². The minimum Gasteiger partial charge on any atom is -0.380 e. The van der Waals surface area contributed by atoms with Crippen LogP contribution in [0.1, 0.15) is 30.7 Å². The van der Waals surface area contributed by atoms with E-state index in [2.05, 4.69) is 18.3 Å². The lowest BCUT2D eigenvalue weighted by Gasteiger charge is -2.11. The quantitative estimate of drug-likeness (QED) is 0.757. The highest BCUT2D eigenvalue weighted by Gasteiger charge is 2.20. The van der Waals surface area contributed by atoms with Gasteiger partial charge in [0.2, 0.25) is 0 Å². The Morgan fingerprint density at radius 1 is 1.56 bits per heavy atom. The van der Waals surface area contributed by atoms with Gasteiger partial charge in [0.15, 0.2) is 0 Å². The fourth-order valence-corrected chi connectivity index (χ4v) is 2.63. The first-order chi connectivity index (χ1) is 7.75. The molecule has 0 amide bonds. The molecule has 0 aliphatic heterocycles. The summed E-state index contributed by atoms with van der Waals surface area (Å²) in [5.41, 5.74) is 0. The van der Waals surface area contributed by atoms with E-state index in [9.17, 15) is 0 Å². The molecule has 1 atom stereocenters. The van der Waals surface area contributed by atoms with Crippen molar-refractivity contribution in [3.63, 3.8) is 0 Å². The fraction of sp³-hybridized carbons (Fsp3) is 0.667. The lowest BCUT2D eigenvalue weighted by molar-refractivity contribution is 0.124. The Morgan fingerprint density at radius 2 is 2.38 bits per heavy atom. The number of hydrogen-bond acceptors (Lipinski definition) is 3. The third-order valence-electron chi connectivity index (χ3n) is 2.77. The summed E-state index contributed by atoms with van der Waals surface area (Å²) in [6.45, 7) is 4.81. The summed E-state index contributed by atoms with van der Waals surface area (Å²) < 4.78 is 6.42. The molecule has 2 rings (SSSR count). The Balaban J connectivity index is 1.57. The van der Waals surface area contributed by atoms with Crippen molar-refractivity contribution in [2.45, 2.75) is 25.8 Å². The van der Waals surface area contributed by atoms with E-state index in [-0.39, 0.29) is 0 Å². The maximum atomic E-state index is 5.90. The molecule has 1 saturated carbocycles. The zero-order valence-corrected chi connectivity index (χ0v) is 11.1. The number of rotatable bonds is 7. The number of nitrogens with one attached hydrogen (secondary N) is 1. The normalized spacial score (nSPS) is 17.6. The van der Waals surface area contributed by atoms with Crippen molar-refractivity contribution in [2.24, 2.45) is 5.92 Å². The van der Waals surface area contributed by atoms with Crippen molar-refractivity contribution in [2.75, 3.05) is 19.8 Å². The van der Waals surface area contributed by atoms with Gasteiger partial charge in [0.05, 0.1) is 10.9 Å². The molecule has 1 unspecified atom stereocenters. The highest BCUT2D eigenvalue weighted by molar-refractivity contribution is 7.16. The van der Waals surface area contributed by atoms with Crippen LogP contribution in [0.3, 0.4) is 0 Å². The third kappa shape index (κ3) is 4.06. The molecule has 1 aromatic heterocycles. The molecular weight excluding hydrogens is 242 g/mol. The van der Waals surface area contributed by atoms with E-state index in [0.717, 1.165) is 30.0 Å². The lowest BCUT2D eigenvalue weighted by atomic mass is 10.3. The Bertz CT molecular complexity index is 325. The van der Waals surface area contributed by atoms with Crippen LogP contribution < -0.4 is 5.32 Å². The molecule has 4 heteroatoms. The van der Waals surface area contributed by atoms with E-state index in [0.29, 0.717) is 6.04 Å². The molecule has 1 aliphatic carbocycles. The second kappa shape index (κ2) is 6.01. The fourth-order valence-electron chi connectivity index (χ4n) is 1.54. The van der Waals surface area contributed by atoms with Crippen LogP contribution in [0.5, 0.6) is 0 Å². The second-order valence-corrected chi connectivity index (χ2v) is 6.08. The van der Waals surface area contributed by atoms with Crippen molar-refractivity contribution in [1.82, 2.24) is 5.32 Å². The summed E-state index contributed by atoms with van der Waals surface area (Å²) in [5, 5.41) is 3.43. The van der Waals surface area contributed by atoms with Crippen LogP contribution in [0.25, 0.3) is 0 Å². The Morgan fingerprint density at radius 3 is 3.00 bits per heavy atom. The van der Waals surface area contributed by atoms with Gasteiger partial charge in [0.1, 0.15) is 0 Å². The van der Waals surface area contributed by atoms with Gasteiger partial charge in [0, 0.05) is 24.1 Å². The van der Waals surface area contributed by atoms with Crippen molar-refractivity contribution >= 4 is 22.9 Å². The Hall–Kier alpha value is -0.0900. The minimum absolute atomic E-state index is 0.363. The zero-order chi connectivity index (χ0) is 11.4. The van der Waals surface area contributed by atoms with Crippen LogP contribution in [-0.2, 0) is 4.74 Å². The van der Waals surface area contributed by atoms with Crippen molar-refractivity contribution in [3.05, 3.63) is 21.3 Å². The van der Waals surface area contributed by atoms with Crippen molar-refractivity contribution < 1.29 is 4.74 Å². The molecule has 1 aliphatic rings. The standard InChI is InChI=1S/C12H18ClNOS/c1-9(11-4-5-12(13)16-11)14-6-7-15-8-10-2-3-10/h4-5,9-10,14H,2-3,6-8H2,1H3. The van der Waals surface area contributed by atoms with Gasteiger partial charge in [-0.1, -0.05) is 11.6 Å². The van der Waals surface area contributed by atoms with E-state index < -0.39 is 0 Å². The van der Waals surface area contributed by atoms with Gasteiger partial charge in [-0.05, 0) is 37.8 Å². The molecule has 0 saturated heterocycles. The molecule has 0 radical (unpaired) electrons. The third-order valence-corrected chi connectivity index (χ3v) is 4.18. The molecule has 0 spiro atoms. The number of ether oxygens (including phenoxy) is 1. The summed E-state index contributed by atoms with van der Waals surface area (Å²) in [7, 11) is 0. The first kappa shape index (κ1) is 12.4. The molecule has 16 heavy (non-hydrogen) atoms. The predicted molar refractivity (Wildman–Crippen MR) is 69.3 cm³/mol. The maximum Gasteiger partial charge on any atom is 0.0931 e. The molecular formula is C12H18ClNOS. The first-order valence-electron chi connectivity index (χ1n) is 5.82. The molecule has 1 heterocycles. The van der Waals surface area contributed by atoms with Crippen LogP contribution in [0.4, 0.5) is 0 Å². The monoisotopic (exact) mass is 259 g/mol. The topological polar surface area (TPSA) is 21.3 Å². The average molecular weight is 260 g/mol. The average Bonchev–Trinajstić information content (AvgIpc) is 2.99. The van der Waals surface area contributed by atoms with E-state index in [4.69, 9.17) is 16.3 Å². The minimum atomic E-state index is 0.363. The summed E-state index contributed by atoms with van der Waals surface area (Å²) in [5.74, 6) is 0.855. The van der Waals surface area contributed by atoms with E-state index in [1.54, 1.807) is 11.3 Å². The van der Waals surface area contributed by atoms with Crippen LogP contribution in [-0.4, -0.2) is 19.8 Å². The molecule has 90 valence electrons. The van der Waals surface area contributed by atoms with Crippen molar-refractivity contribution in [1.29, 1.82) is 0 Å². The van der Waals surface area contributed by atoms with Crippen LogP contribution in [0.2, 0.25) is 4.34 Å². The van der Waals surface area contributed by atoms with Gasteiger partial charge < -0.3 is 10.1 Å². The van der Waals surface area contributed by atoms with E-state index in [1.165, 1.54) is 17.7 Å². The van der Waals surface area contributed by atoms with E-state index >= 15 is 0 Å². The maximum absolute atomic E-state index is 5.90. The van der Waals surface area contributed by atoms with Gasteiger partial charge in [-0.15, -0.1) is 11.3 Å². The zero-order valence-electron chi connectivity index (χ0n) is 9.54. The largest absolute Gasteiger partial charge is 0.380 e. The highest BCUT2D eigenvalue weighted by Crippen LogP contribution is 2.28. The molecule has 0 bridgehead atoms.